The van der Waals surface area contributed by atoms with Gasteiger partial charge in [0.1, 0.15) is 0 Å². The van der Waals surface area contributed by atoms with Crippen LogP contribution in [-0.4, -0.2) is 66.5 Å². The summed E-state index contributed by atoms with van der Waals surface area (Å²) in [5, 5.41) is 6.25. The largest absolute Gasteiger partial charge is 0.344 e. The van der Waals surface area contributed by atoms with Crippen molar-refractivity contribution in [2.24, 2.45) is 0 Å². The lowest BCUT2D eigenvalue weighted by molar-refractivity contribution is -0.131. The van der Waals surface area contributed by atoms with E-state index >= 15 is 0 Å². The van der Waals surface area contributed by atoms with Crippen molar-refractivity contribution in [2.45, 2.75) is 69.5 Å². The molecule has 1 atom stereocenters. The van der Waals surface area contributed by atoms with Crippen molar-refractivity contribution in [1.29, 1.82) is 0 Å². The molecule has 3 amide bonds. The van der Waals surface area contributed by atoms with Gasteiger partial charge in [0.15, 0.2) is 0 Å². The minimum Gasteiger partial charge on any atom is -0.344 e. The van der Waals surface area contributed by atoms with Gasteiger partial charge in [-0.2, -0.15) is 0 Å². The molecule has 0 spiro atoms. The fourth-order valence-electron chi connectivity index (χ4n) is 4.16. The van der Waals surface area contributed by atoms with Gasteiger partial charge < -0.3 is 15.5 Å². The number of carbonyl (C=O) groups is 2. The Morgan fingerprint density at radius 1 is 0.913 bits per heavy atom. The average molecular weight is 322 g/mol. The molecule has 130 valence electrons. The van der Waals surface area contributed by atoms with Gasteiger partial charge >= 0.3 is 6.03 Å². The number of amides is 3. The van der Waals surface area contributed by atoms with E-state index in [2.05, 4.69) is 15.5 Å². The third-order valence-electron chi connectivity index (χ3n) is 5.65. The van der Waals surface area contributed by atoms with Crippen molar-refractivity contribution in [3.8, 4) is 0 Å². The number of hydrogen-bond donors (Lipinski definition) is 2. The Balaban J connectivity index is 1.39. The highest BCUT2D eigenvalue weighted by atomic mass is 16.2. The fraction of sp³-hybridized carbons (Fsp3) is 0.882. The van der Waals surface area contributed by atoms with Gasteiger partial charge in [0.2, 0.25) is 5.91 Å². The number of likely N-dealkylation sites (tertiary alicyclic amines) is 2. The number of urea groups is 1. The smallest absolute Gasteiger partial charge is 0.315 e. The Morgan fingerprint density at radius 3 is 2.09 bits per heavy atom. The second-order valence-corrected chi connectivity index (χ2v) is 7.33. The van der Waals surface area contributed by atoms with Crippen molar-refractivity contribution in [3.05, 3.63) is 0 Å². The molecule has 0 aromatic heterocycles. The van der Waals surface area contributed by atoms with Crippen LogP contribution in [0.25, 0.3) is 0 Å². The first-order valence-corrected chi connectivity index (χ1v) is 9.19. The molecule has 0 aromatic rings. The van der Waals surface area contributed by atoms with E-state index in [1.807, 2.05) is 11.9 Å². The van der Waals surface area contributed by atoms with Crippen LogP contribution in [0.2, 0.25) is 0 Å². The van der Waals surface area contributed by atoms with Gasteiger partial charge in [-0.05, 0) is 32.1 Å². The van der Waals surface area contributed by atoms with Crippen LogP contribution >= 0.6 is 0 Å². The summed E-state index contributed by atoms with van der Waals surface area (Å²) in [7, 11) is 1.88. The SMILES string of the molecule is CN1CCC(N2CCC(NC(=O)NC3CCCCC3)CC2)C1=O. The van der Waals surface area contributed by atoms with Gasteiger partial charge in [-0.1, -0.05) is 19.3 Å². The molecule has 1 saturated carbocycles. The van der Waals surface area contributed by atoms with Crippen molar-refractivity contribution in [2.75, 3.05) is 26.7 Å². The zero-order chi connectivity index (χ0) is 16.2. The zero-order valence-electron chi connectivity index (χ0n) is 14.2. The number of likely N-dealkylation sites (N-methyl/N-ethyl adjacent to an activating group) is 1. The molecule has 2 N–H and O–H groups in total. The number of nitrogens with one attached hydrogen (secondary N) is 2. The number of hydrogen-bond acceptors (Lipinski definition) is 3. The Morgan fingerprint density at radius 2 is 1.52 bits per heavy atom. The van der Waals surface area contributed by atoms with Gasteiger partial charge in [0.05, 0.1) is 6.04 Å². The molecule has 23 heavy (non-hydrogen) atoms. The lowest BCUT2D eigenvalue weighted by atomic mass is 9.96. The van der Waals surface area contributed by atoms with E-state index in [4.69, 9.17) is 0 Å². The number of piperidine rings is 1. The highest BCUT2D eigenvalue weighted by Crippen LogP contribution is 2.21. The highest BCUT2D eigenvalue weighted by molar-refractivity contribution is 5.83. The molecule has 6 nitrogen and oxygen atoms in total. The molecule has 3 aliphatic rings. The maximum Gasteiger partial charge on any atom is 0.315 e. The molecule has 3 fully saturated rings. The quantitative estimate of drug-likeness (QED) is 0.823. The van der Waals surface area contributed by atoms with Crippen LogP contribution in [0.15, 0.2) is 0 Å². The molecule has 0 bridgehead atoms. The summed E-state index contributed by atoms with van der Waals surface area (Å²) < 4.78 is 0. The van der Waals surface area contributed by atoms with E-state index in [-0.39, 0.29) is 24.0 Å². The van der Waals surface area contributed by atoms with Crippen LogP contribution in [0.5, 0.6) is 0 Å². The van der Waals surface area contributed by atoms with Crippen molar-refractivity contribution in [3.63, 3.8) is 0 Å². The molecule has 0 radical (unpaired) electrons. The molecule has 2 aliphatic heterocycles. The third-order valence-corrected chi connectivity index (χ3v) is 5.65. The van der Waals surface area contributed by atoms with Crippen molar-refractivity contribution in [1.82, 2.24) is 20.4 Å². The first-order chi connectivity index (χ1) is 11.1. The number of rotatable bonds is 3. The molecule has 1 aliphatic carbocycles. The summed E-state index contributed by atoms with van der Waals surface area (Å²) in [4.78, 5) is 28.3. The number of carbonyl (C=O) groups excluding carboxylic acids is 2. The number of nitrogens with zero attached hydrogens (tertiary/aromatic N) is 2. The maximum atomic E-state index is 12.1. The molecule has 3 rings (SSSR count). The summed E-state index contributed by atoms with van der Waals surface area (Å²) in [5.41, 5.74) is 0. The second-order valence-electron chi connectivity index (χ2n) is 7.33. The maximum absolute atomic E-state index is 12.1. The third kappa shape index (κ3) is 4.16. The predicted octanol–water partition coefficient (Wildman–Crippen LogP) is 1.31. The monoisotopic (exact) mass is 322 g/mol. The first-order valence-electron chi connectivity index (χ1n) is 9.19. The summed E-state index contributed by atoms with van der Waals surface area (Å²) in [5.74, 6) is 0.256. The molecular weight excluding hydrogens is 292 g/mol. The standard InChI is InChI=1S/C17H30N4O2/c1-20-10-9-15(16(20)22)21-11-7-14(8-12-21)19-17(23)18-13-5-3-2-4-6-13/h13-15H,2-12H2,1H3,(H2,18,19,23). The van der Waals surface area contributed by atoms with E-state index in [0.717, 1.165) is 51.7 Å². The highest BCUT2D eigenvalue weighted by Gasteiger charge is 2.35. The van der Waals surface area contributed by atoms with Crippen LogP contribution in [0.3, 0.4) is 0 Å². The molecule has 0 aromatic carbocycles. The first kappa shape index (κ1) is 16.6. The van der Waals surface area contributed by atoms with E-state index in [0.29, 0.717) is 6.04 Å². The lowest BCUT2D eigenvalue weighted by Gasteiger charge is -2.35. The molecular formula is C17H30N4O2. The van der Waals surface area contributed by atoms with Gasteiger partial charge in [-0.15, -0.1) is 0 Å². The van der Waals surface area contributed by atoms with Crippen LogP contribution in [-0.2, 0) is 4.79 Å². The van der Waals surface area contributed by atoms with Gasteiger partial charge in [0, 0.05) is 38.8 Å². The zero-order valence-corrected chi connectivity index (χ0v) is 14.2. The summed E-state index contributed by atoms with van der Waals surface area (Å²) in [6.45, 7) is 2.67. The minimum atomic E-state index is -0.00738. The summed E-state index contributed by atoms with van der Waals surface area (Å²) in [6, 6.07) is 0.656. The van der Waals surface area contributed by atoms with E-state index < -0.39 is 0 Å². The summed E-state index contributed by atoms with van der Waals surface area (Å²) in [6.07, 6.45) is 8.80. The predicted molar refractivity (Wildman–Crippen MR) is 89.2 cm³/mol. The van der Waals surface area contributed by atoms with E-state index in [9.17, 15) is 9.59 Å². The Labute approximate surface area is 139 Å². The Kier molecular flexibility index (Phi) is 5.41. The fourth-order valence-corrected chi connectivity index (χ4v) is 4.16. The molecule has 2 saturated heterocycles. The normalized spacial score (nSPS) is 28.1. The second kappa shape index (κ2) is 7.51. The average Bonchev–Trinajstić information content (AvgIpc) is 2.89. The van der Waals surface area contributed by atoms with Gasteiger partial charge in [0.25, 0.3) is 0 Å². The Bertz CT molecular complexity index is 428. The minimum absolute atomic E-state index is 0.00738. The van der Waals surface area contributed by atoms with Crippen molar-refractivity contribution >= 4 is 11.9 Å². The van der Waals surface area contributed by atoms with E-state index in [1.165, 1.54) is 19.3 Å². The molecule has 1 unspecified atom stereocenters. The van der Waals surface area contributed by atoms with Crippen LogP contribution in [0.4, 0.5) is 4.79 Å². The topological polar surface area (TPSA) is 64.7 Å². The Hall–Kier alpha value is -1.30. The van der Waals surface area contributed by atoms with Gasteiger partial charge in [-0.3, -0.25) is 9.69 Å². The lowest BCUT2D eigenvalue weighted by Crippen LogP contribution is -2.52. The van der Waals surface area contributed by atoms with Crippen LogP contribution in [0.1, 0.15) is 51.4 Å². The summed E-state index contributed by atoms with van der Waals surface area (Å²) >= 11 is 0. The van der Waals surface area contributed by atoms with Crippen molar-refractivity contribution < 1.29 is 9.59 Å². The molecule has 2 heterocycles. The van der Waals surface area contributed by atoms with Crippen LogP contribution in [0, 0.1) is 0 Å². The molecule has 6 heteroatoms. The van der Waals surface area contributed by atoms with E-state index in [1.54, 1.807) is 0 Å². The van der Waals surface area contributed by atoms with Crippen LogP contribution < -0.4 is 10.6 Å². The van der Waals surface area contributed by atoms with Gasteiger partial charge in [-0.25, -0.2) is 4.79 Å².